The Morgan fingerprint density at radius 3 is 2.57 bits per heavy atom. The number of anilines is 1. The van der Waals surface area contributed by atoms with E-state index in [-0.39, 0.29) is 6.42 Å². The minimum Gasteiger partial charge on any atom is -0.497 e. The number of hydrogen-bond donors (Lipinski definition) is 3. The van der Waals surface area contributed by atoms with Crippen molar-refractivity contribution in [2.75, 3.05) is 12.1 Å². The lowest BCUT2D eigenvalue weighted by Gasteiger charge is -2.37. The Labute approximate surface area is 160 Å². The van der Waals surface area contributed by atoms with Gasteiger partial charge in [0.25, 0.3) is 11.8 Å². The minimum atomic E-state index is -1.38. The van der Waals surface area contributed by atoms with Crippen molar-refractivity contribution in [1.82, 2.24) is 10.6 Å². The Hall–Kier alpha value is -3.59. The number of hydrazine groups is 1. The zero-order valence-corrected chi connectivity index (χ0v) is 15.0. The molecule has 0 saturated carbocycles. The average molecular weight is 382 g/mol. The maximum Gasteiger partial charge on any atom is 0.322 e. The number of methoxy groups -OCH3 is 1. The maximum atomic E-state index is 13.0. The van der Waals surface area contributed by atoms with Gasteiger partial charge in [0.2, 0.25) is 0 Å². The van der Waals surface area contributed by atoms with Gasteiger partial charge in [-0.25, -0.2) is 15.6 Å². The van der Waals surface area contributed by atoms with Crippen LogP contribution < -0.4 is 31.0 Å². The van der Waals surface area contributed by atoms with Crippen LogP contribution in [0.5, 0.6) is 11.5 Å². The first kappa shape index (κ1) is 17.8. The molecule has 0 radical (unpaired) electrons. The summed E-state index contributed by atoms with van der Waals surface area (Å²) >= 11 is 0. The van der Waals surface area contributed by atoms with Gasteiger partial charge in [-0.2, -0.15) is 0 Å². The summed E-state index contributed by atoms with van der Waals surface area (Å²) in [5.74, 6) is 5.89. The average Bonchev–Trinajstić information content (AvgIpc) is 3.00. The summed E-state index contributed by atoms with van der Waals surface area (Å²) < 4.78 is 10.9. The lowest BCUT2D eigenvalue weighted by Crippen LogP contribution is -2.56. The van der Waals surface area contributed by atoms with Crippen molar-refractivity contribution in [2.24, 2.45) is 5.84 Å². The molecular weight excluding hydrogens is 364 g/mol. The van der Waals surface area contributed by atoms with E-state index < -0.39 is 29.5 Å². The number of hydrogen-bond acceptors (Lipinski definition) is 6. The zero-order valence-electron chi connectivity index (χ0n) is 15.0. The topological polar surface area (TPSA) is 123 Å². The second-order valence-electron chi connectivity index (χ2n) is 6.53. The molecule has 2 aliphatic rings. The summed E-state index contributed by atoms with van der Waals surface area (Å²) in [6.45, 7) is 0. The number of benzene rings is 2. The number of nitrogens with two attached hydrogens (primary N) is 1. The molecule has 9 nitrogen and oxygen atoms in total. The van der Waals surface area contributed by atoms with Gasteiger partial charge in [-0.05, 0) is 30.3 Å². The smallest absolute Gasteiger partial charge is 0.322 e. The Kier molecular flexibility index (Phi) is 4.16. The van der Waals surface area contributed by atoms with E-state index in [1.807, 2.05) is 0 Å². The van der Waals surface area contributed by atoms with E-state index in [2.05, 4.69) is 10.6 Å². The summed E-state index contributed by atoms with van der Waals surface area (Å²) in [6, 6.07) is 12.8. The summed E-state index contributed by atoms with van der Waals surface area (Å²) in [5, 5.41) is 5.84. The summed E-state index contributed by atoms with van der Waals surface area (Å²) in [6.07, 6.45) is -1.14. The van der Waals surface area contributed by atoms with Gasteiger partial charge in [0.05, 0.1) is 12.8 Å². The van der Waals surface area contributed by atoms with Crippen LogP contribution in [0.1, 0.15) is 12.0 Å². The van der Waals surface area contributed by atoms with Crippen molar-refractivity contribution in [3.63, 3.8) is 0 Å². The normalized spacial score (nSPS) is 22.7. The molecule has 9 heteroatoms. The second-order valence-corrected chi connectivity index (χ2v) is 6.53. The van der Waals surface area contributed by atoms with E-state index in [0.29, 0.717) is 22.7 Å². The molecule has 0 bridgehead atoms. The largest absolute Gasteiger partial charge is 0.497 e. The molecule has 2 aliphatic heterocycles. The first-order valence-electron chi connectivity index (χ1n) is 8.57. The summed E-state index contributed by atoms with van der Waals surface area (Å²) in [7, 11) is 1.54. The quantitative estimate of drug-likeness (QED) is 0.312. The van der Waals surface area contributed by atoms with Crippen molar-refractivity contribution in [3.05, 3.63) is 54.1 Å². The van der Waals surface area contributed by atoms with E-state index in [1.54, 1.807) is 48.5 Å². The number of para-hydroxylation sites is 1. The molecule has 28 heavy (non-hydrogen) atoms. The summed E-state index contributed by atoms with van der Waals surface area (Å²) in [4.78, 5) is 37.4. The number of imide groups is 1. The highest BCUT2D eigenvalue weighted by Crippen LogP contribution is 2.41. The minimum absolute atomic E-state index is 0.0791. The third kappa shape index (κ3) is 2.72. The van der Waals surface area contributed by atoms with Gasteiger partial charge in [0.1, 0.15) is 11.5 Å². The molecule has 1 spiro atoms. The van der Waals surface area contributed by atoms with Crippen LogP contribution in [0.3, 0.4) is 0 Å². The molecule has 0 aromatic heterocycles. The van der Waals surface area contributed by atoms with Crippen LogP contribution in [0.15, 0.2) is 48.5 Å². The lowest BCUT2D eigenvalue weighted by molar-refractivity contribution is -0.131. The molecule has 2 aromatic carbocycles. The highest BCUT2D eigenvalue weighted by atomic mass is 16.5. The molecule has 4 amide bonds. The van der Waals surface area contributed by atoms with Gasteiger partial charge in [0.15, 0.2) is 11.6 Å². The molecule has 4 rings (SSSR count). The Bertz CT molecular complexity index is 961. The van der Waals surface area contributed by atoms with Crippen molar-refractivity contribution in [1.29, 1.82) is 0 Å². The van der Waals surface area contributed by atoms with Crippen LogP contribution in [-0.2, 0) is 15.1 Å². The Morgan fingerprint density at radius 2 is 1.93 bits per heavy atom. The van der Waals surface area contributed by atoms with Gasteiger partial charge in [0, 0.05) is 12.0 Å². The fraction of sp³-hybridized carbons (Fsp3) is 0.211. The van der Waals surface area contributed by atoms with Crippen LogP contribution in [0.25, 0.3) is 0 Å². The van der Waals surface area contributed by atoms with Gasteiger partial charge in [-0.1, -0.05) is 18.2 Å². The molecule has 0 aliphatic carbocycles. The summed E-state index contributed by atoms with van der Waals surface area (Å²) in [5.41, 5.74) is -0.454. The number of ether oxygens (including phenoxy) is 2. The number of fused-ring (bicyclic) bond motifs is 2. The van der Waals surface area contributed by atoms with Gasteiger partial charge < -0.3 is 14.8 Å². The van der Waals surface area contributed by atoms with Crippen molar-refractivity contribution < 1.29 is 23.9 Å². The highest BCUT2D eigenvalue weighted by Gasteiger charge is 2.54. The fourth-order valence-corrected chi connectivity index (χ4v) is 3.49. The molecule has 1 saturated heterocycles. The van der Waals surface area contributed by atoms with Gasteiger partial charge in [-0.15, -0.1) is 0 Å². The van der Waals surface area contributed by atoms with Crippen LogP contribution in [-0.4, -0.2) is 31.1 Å². The Balaban J connectivity index is 1.66. The molecule has 1 fully saturated rings. The molecule has 2 heterocycles. The van der Waals surface area contributed by atoms with Crippen LogP contribution in [0.2, 0.25) is 0 Å². The highest BCUT2D eigenvalue weighted by molar-refractivity contribution is 6.08. The first-order chi connectivity index (χ1) is 13.4. The number of nitrogens with one attached hydrogen (secondary N) is 2. The molecule has 2 aromatic rings. The maximum absolute atomic E-state index is 13.0. The number of carbonyl (C=O) groups is 3. The van der Waals surface area contributed by atoms with E-state index in [0.717, 1.165) is 5.01 Å². The lowest BCUT2D eigenvalue weighted by atomic mass is 9.81. The van der Waals surface area contributed by atoms with Gasteiger partial charge >= 0.3 is 6.03 Å². The standard InChI is InChI=1S/C19H18N4O5/c1-27-12-8-6-11(7-9-12)23(20)16(24)15-10-19(17(25)21-18(26)22-19)13-4-2-3-5-14(13)28-15/h2-9,15H,10,20H2,1H3,(H2,21,22,25,26). The third-order valence-corrected chi connectivity index (χ3v) is 4.91. The molecular formula is C19H18N4O5. The van der Waals surface area contributed by atoms with E-state index in [9.17, 15) is 14.4 Å². The molecule has 4 N–H and O–H groups in total. The Morgan fingerprint density at radius 1 is 1.21 bits per heavy atom. The second kappa shape index (κ2) is 6.54. The van der Waals surface area contributed by atoms with E-state index >= 15 is 0 Å². The molecule has 2 atom stereocenters. The first-order valence-corrected chi connectivity index (χ1v) is 8.57. The number of urea groups is 1. The SMILES string of the molecule is COc1ccc(N(N)C(=O)C2CC3(NC(=O)NC3=O)c3ccccc3O2)cc1. The third-order valence-electron chi connectivity index (χ3n) is 4.91. The molecule has 2 unspecified atom stereocenters. The van der Waals surface area contributed by atoms with E-state index in [1.165, 1.54) is 7.11 Å². The fourth-order valence-electron chi connectivity index (χ4n) is 3.49. The van der Waals surface area contributed by atoms with E-state index in [4.69, 9.17) is 15.3 Å². The predicted molar refractivity (Wildman–Crippen MR) is 98.5 cm³/mol. The van der Waals surface area contributed by atoms with Crippen molar-refractivity contribution in [2.45, 2.75) is 18.1 Å². The van der Waals surface area contributed by atoms with Crippen LogP contribution >= 0.6 is 0 Å². The predicted octanol–water partition coefficient (Wildman–Crippen LogP) is 0.788. The number of amides is 4. The van der Waals surface area contributed by atoms with Gasteiger partial charge in [-0.3, -0.25) is 14.9 Å². The number of nitrogens with zero attached hydrogens (tertiary/aromatic N) is 1. The zero-order chi connectivity index (χ0) is 19.9. The van der Waals surface area contributed by atoms with Crippen molar-refractivity contribution >= 4 is 23.5 Å². The van der Waals surface area contributed by atoms with Crippen LogP contribution in [0, 0.1) is 0 Å². The van der Waals surface area contributed by atoms with Crippen molar-refractivity contribution in [3.8, 4) is 11.5 Å². The molecule has 144 valence electrons. The monoisotopic (exact) mass is 382 g/mol. The number of carbonyl (C=O) groups excluding carboxylic acids is 3. The number of rotatable bonds is 3. The van der Waals surface area contributed by atoms with Crippen LogP contribution in [0.4, 0.5) is 10.5 Å².